The summed E-state index contributed by atoms with van der Waals surface area (Å²) in [6.07, 6.45) is 14.0. The van der Waals surface area contributed by atoms with Crippen LogP contribution < -0.4 is 9.47 Å². The van der Waals surface area contributed by atoms with Gasteiger partial charge >= 0.3 is 5.97 Å². The molecular weight excluding hydrogens is 496 g/mol. The molecule has 0 spiro atoms. The molecule has 2 saturated carbocycles. The summed E-state index contributed by atoms with van der Waals surface area (Å²) in [5.41, 5.74) is 0.0704. The molecule has 0 heterocycles. The Morgan fingerprint density at radius 3 is 2.16 bits per heavy atom. The molecule has 2 aromatic rings. The maximum atomic E-state index is 14.6. The van der Waals surface area contributed by atoms with Crippen LogP contribution in [0.4, 0.5) is 17.6 Å². The normalized spacial score (nSPS) is 22.1. The number of hydrogen-bond donors (Lipinski definition) is 0. The molecule has 0 amide bonds. The van der Waals surface area contributed by atoms with Gasteiger partial charge in [0.15, 0.2) is 17.5 Å². The standard InChI is InChI=1S/C31H38F4O3/c1-3-7-20(2)31(14-5-4-6-15-31)22-10-8-21(9-11-22)19-37-23-12-13-25(26(32)16-23)30(36)38-24-17-27(33)29(35)28(34)18-24/h12-13,16-18,20-22H,3-11,14-15,19H2,1-2H3/t20?,21-,22-. The molecule has 0 saturated heterocycles. The highest BCUT2D eigenvalue weighted by Crippen LogP contribution is 2.54. The van der Waals surface area contributed by atoms with E-state index >= 15 is 0 Å². The van der Waals surface area contributed by atoms with Gasteiger partial charge in [-0.3, -0.25) is 0 Å². The first-order chi connectivity index (χ1) is 18.2. The Balaban J connectivity index is 1.31. The minimum atomic E-state index is -1.68. The molecule has 0 bridgehead atoms. The number of benzene rings is 2. The lowest BCUT2D eigenvalue weighted by atomic mass is 9.55. The first-order valence-electron chi connectivity index (χ1n) is 14.0. The van der Waals surface area contributed by atoms with Gasteiger partial charge < -0.3 is 9.47 Å². The van der Waals surface area contributed by atoms with E-state index in [4.69, 9.17) is 9.47 Å². The summed E-state index contributed by atoms with van der Waals surface area (Å²) in [6.45, 7) is 5.24. The fourth-order valence-electron chi connectivity index (χ4n) is 6.86. The fourth-order valence-corrected chi connectivity index (χ4v) is 6.86. The van der Waals surface area contributed by atoms with E-state index in [0.29, 0.717) is 35.8 Å². The SMILES string of the molecule is CCCC(C)C1([C@H]2CC[C@H](COc3ccc(C(=O)Oc4cc(F)c(F)c(F)c4)c(F)c3)CC2)CCCCC1. The van der Waals surface area contributed by atoms with Crippen molar-refractivity contribution in [3.63, 3.8) is 0 Å². The van der Waals surface area contributed by atoms with Crippen molar-refractivity contribution >= 4 is 5.97 Å². The second-order valence-electron chi connectivity index (χ2n) is 11.2. The minimum Gasteiger partial charge on any atom is -0.493 e. The zero-order chi connectivity index (χ0) is 27.3. The van der Waals surface area contributed by atoms with Gasteiger partial charge in [0.05, 0.1) is 12.2 Å². The van der Waals surface area contributed by atoms with Gasteiger partial charge in [-0.25, -0.2) is 22.4 Å². The van der Waals surface area contributed by atoms with Crippen LogP contribution in [0.15, 0.2) is 30.3 Å². The second-order valence-corrected chi connectivity index (χ2v) is 11.2. The molecule has 1 unspecified atom stereocenters. The Hall–Kier alpha value is -2.57. The van der Waals surface area contributed by atoms with Gasteiger partial charge in [0.25, 0.3) is 0 Å². The third-order valence-corrected chi connectivity index (χ3v) is 8.96. The number of carbonyl (C=O) groups is 1. The van der Waals surface area contributed by atoms with Crippen LogP contribution in [0, 0.1) is 46.4 Å². The van der Waals surface area contributed by atoms with Crippen LogP contribution in [0.2, 0.25) is 0 Å². The van der Waals surface area contributed by atoms with Crippen molar-refractivity contribution in [3.8, 4) is 11.5 Å². The quantitative estimate of drug-likeness (QED) is 0.139. The van der Waals surface area contributed by atoms with Gasteiger partial charge in [-0.05, 0) is 73.8 Å². The van der Waals surface area contributed by atoms with Gasteiger partial charge in [-0.15, -0.1) is 0 Å². The van der Waals surface area contributed by atoms with Crippen molar-refractivity contribution in [1.82, 2.24) is 0 Å². The van der Waals surface area contributed by atoms with Gasteiger partial charge in [0.2, 0.25) is 0 Å². The average Bonchev–Trinajstić information content (AvgIpc) is 2.91. The summed E-state index contributed by atoms with van der Waals surface area (Å²) < 4.78 is 65.2. The summed E-state index contributed by atoms with van der Waals surface area (Å²) in [5.74, 6) is -5.01. The minimum absolute atomic E-state index is 0.306. The van der Waals surface area contributed by atoms with Gasteiger partial charge in [-0.2, -0.15) is 0 Å². The van der Waals surface area contributed by atoms with Gasteiger partial charge in [0.1, 0.15) is 17.3 Å². The van der Waals surface area contributed by atoms with Crippen molar-refractivity contribution in [1.29, 1.82) is 0 Å². The number of halogens is 4. The lowest BCUT2D eigenvalue weighted by molar-refractivity contribution is -0.00390. The first kappa shape index (κ1) is 28.4. The molecule has 0 aromatic heterocycles. The van der Waals surface area contributed by atoms with Crippen LogP contribution in [0.3, 0.4) is 0 Å². The van der Waals surface area contributed by atoms with Crippen molar-refractivity contribution in [2.24, 2.45) is 23.2 Å². The molecule has 2 aliphatic rings. The van der Waals surface area contributed by atoms with E-state index in [0.717, 1.165) is 30.7 Å². The van der Waals surface area contributed by atoms with Gasteiger partial charge in [0, 0.05) is 18.2 Å². The van der Waals surface area contributed by atoms with E-state index in [1.807, 2.05) is 0 Å². The zero-order valence-electron chi connectivity index (χ0n) is 22.3. The van der Waals surface area contributed by atoms with E-state index in [9.17, 15) is 22.4 Å². The number of rotatable bonds is 9. The molecule has 0 N–H and O–H groups in total. The maximum absolute atomic E-state index is 14.6. The lowest BCUT2D eigenvalue weighted by Gasteiger charge is -2.50. The van der Waals surface area contributed by atoms with Crippen LogP contribution >= 0.6 is 0 Å². The molecule has 4 rings (SSSR count). The summed E-state index contributed by atoms with van der Waals surface area (Å²) in [7, 11) is 0. The fraction of sp³-hybridized carbons (Fsp3) is 0.581. The van der Waals surface area contributed by atoms with Crippen molar-refractivity contribution < 1.29 is 31.8 Å². The molecule has 2 aromatic carbocycles. The molecule has 0 aliphatic heterocycles. The summed E-state index contributed by atoms with van der Waals surface area (Å²) in [6, 6.07) is 4.85. The number of esters is 1. The maximum Gasteiger partial charge on any atom is 0.346 e. The monoisotopic (exact) mass is 534 g/mol. The Morgan fingerprint density at radius 2 is 1.55 bits per heavy atom. The third-order valence-electron chi connectivity index (χ3n) is 8.96. The molecule has 1 atom stereocenters. The van der Waals surface area contributed by atoms with Crippen LogP contribution in [0.5, 0.6) is 11.5 Å². The second kappa shape index (κ2) is 12.5. The Labute approximate surface area is 222 Å². The highest BCUT2D eigenvalue weighted by molar-refractivity contribution is 5.91. The van der Waals surface area contributed by atoms with E-state index in [1.54, 1.807) is 0 Å². The molecular formula is C31H38F4O3. The average molecular weight is 535 g/mol. The molecule has 7 heteroatoms. The van der Waals surface area contributed by atoms with Crippen molar-refractivity contribution in [2.45, 2.75) is 84.5 Å². The highest BCUT2D eigenvalue weighted by Gasteiger charge is 2.44. The topological polar surface area (TPSA) is 35.5 Å². The van der Waals surface area contributed by atoms with Crippen LogP contribution in [0.1, 0.15) is 94.8 Å². The number of ether oxygens (including phenoxy) is 2. The first-order valence-corrected chi connectivity index (χ1v) is 14.0. The Bertz CT molecular complexity index is 1080. The highest BCUT2D eigenvalue weighted by atomic mass is 19.2. The Kier molecular flexibility index (Phi) is 9.37. The molecule has 2 fully saturated rings. The van der Waals surface area contributed by atoms with E-state index in [2.05, 4.69) is 13.8 Å². The third kappa shape index (κ3) is 6.35. The summed E-state index contributed by atoms with van der Waals surface area (Å²) >= 11 is 0. The smallest absolute Gasteiger partial charge is 0.346 e. The predicted octanol–water partition coefficient (Wildman–Crippen LogP) is 9.03. The zero-order valence-corrected chi connectivity index (χ0v) is 22.3. The molecule has 208 valence electrons. The predicted molar refractivity (Wildman–Crippen MR) is 138 cm³/mol. The summed E-state index contributed by atoms with van der Waals surface area (Å²) in [4.78, 5) is 12.3. The van der Waals surface area contributed by atoms with Crippen LogP contribution in [-0.2, 0) is 0 Å². The largest absolute Gasteiger partial charge is 0.493 e. The summed E-state index contributed by atoms with van der Waals surface area (Å²) in [5, 5.41) is 0. The van der Waals surface area contributed by atoms with Crippen LogP contribution in [-0.4, -0.2) is 12.6 Å². The number of hydrogen-bond acceptors (Lipinski definition) is 3. The number of carbonyl (C=O) groups excluding carboxylic acids is 1. The molecule has 3 nitrogen and oxygen atoms in total. The molecule has 38 heavy (non-hydrogen) atoms. The molecule has 2 aliphatic carbocycles. The van der Waals surface area contributed by atoms with Crippen LogP contribution in [0.25, 0.3) is 0 Å². The van der Waals surface area contributed by atoms with E-state index < -0.39 is 40.6 Å². The van der Waals surface area contributed by atoms with Gasteiger partial charge in [-0.1, -0.05) is 46.0 Å². The van der Waals surface area contributed by atoms with E-state index in [1.165, 1.54) is 69.9 Å². The van der Waals surface area contributed by atoms with Crippen molar-refractivity contribution in [2.75, 3.05) is 6.61 Å². The lowest BCUT2D eigenvalue weighted by Crippen LogP contribution is -2.41. The Morgan fingerprint density at radius 1 is 0.921 bits per heavy atom. The molecule has 0 radical (unpaired) electrons. The van der Waals surface area contributed by atoms with E-state index in [-0.39, 0.29) is 0 Å². The van der Waals surface area contributed by atoms with Crippen molar-refractivity contribution in [3.05, 3.63) is 59.2 Å².